The number of hydrogen-bond acceptors (Lipinski definition) is 3. The van der Waals surface area contributed by atoms with Crippen LogP contribution in [0.3, 0.4) is 0 Å². The molecule has 4 heteroatoms. The Hall–Kier alpha value is -1.71. The summed E-state index contributed by atoms with van der Waals surface area (Å²) in [6.07, 6.45) is 0.799. The van der Waals surface area contributed by atoms with Gasteiger partial charge in [-0.25, -0.2) is 9.50 Å². The van der Waals surface area contributed by atoms with Crippen molar-refractivity contribution in [1.29, 1.82) is 0 Å². The summed E-state index contributed by atoms with van der Waals surface area (Å²) in [6.45, 7) is 5.74. The molecule has 2 heterocycles. The molecule has 2 aromatic rings. The van der Waals surface area contributed by atoms with Crippen molar-refractivity contribution >= 4 is 11.9 Å². The summed E-state index contributed by atoms with van der Waals surface area (Å²) in [6, 6.07) is 1.73. The molecule has 0 unspecified atom stereocenters. The molecule has 0 fully saturated rings. The summed E-state index contributed by atoms with van der Waals surface area (Å²) >= 11 is 0. The second kappa shape index (κ2) is 2.90. The first-order valence-electron chi connectivity index (χ1n) is 4.42. The van der Waals surface area contributed by atoms with Crippen molar-refractivity contribution < 1.29 is 4.79 Å². The van der Waals surface area contributed by atoms with Crippen molar-refractivity contribution in [3.8, 4) is 0 Å². The van der Waals surface area contributed by atoms with E-state index in [0.717, 1.165) is 28.9 Å². The highest BCUT2D eigenvalue weighted by atomic mass is 16.1. The smallest absolute Gasteiger partial charge is 0.168 e. The molecule has 14 heavy (non-hydrogen) atoms. The molecule has 0 saturated carbocycles. The van der Waals surface area contributed by atoms with E-state index in [-0.39, 0.29) is 0 Å². The molecule has 0 amide bonds. The molecule has 0 N–H and O–H groups in total. The first kappa shape index (κ1) is 8.87. The predicted molar refractivity (Wildman–Crippen MR) is 52.6 cm³/mol. The lowest BCUT2D eigenvalue weighted by atomic mass is 10.3. The normalized spacial score (nSPS) is 10.8. The van der Waals surface area contributed by atoms with E-state index < -0.39 is 0 Å². The minimum atomic E-state index is 0.545. The van der Waals surface area contributed by atoms with Gasteiger partial charge in [0.1, 0.15) is 5.69 Å². The first-order valence-corrected chi connectivity index (χ1v) is 4.42. The molecule has 0 aliphatic rings. The Balaban J connectivity index is 2.94. The quantitative estimate of drug-likeness (QED) is 0.638. The highest BCUT2D eigenvalue weighted by molar-refractivity contribution is 5.74. The van der Waals surface area contributed by atoms with E-state index >= 15 is 0 Å². The number of carbonyl (C=O) groups is 1. The lowest BCUT2D eigenvalue weighted by molar-refractivity contribution is 0.111. The van der Waals surface area contributed by atoms with Crippen LogP contribution in [-0.4, -0.2) is 20.9 Å². The van der Waals surface area contributed by atoms with Gasteiger partial charge in [0.2, 0.25) is 0 Å². The van der Waals surface area contributed by atoms with Gasteiger partial charge in [-0.1, -0.05) is 0 Å². The summed E-state index contributed by atoms with van der Waals surface area (Å²) in [5.41, 5.74) is 4.08. The number of nitrogens with zero attached hydrogens (tertiary/aromatic N) is 3. The summed E-state index contributed by atoms with van der Waals surface area (Å²) < 4.78 is 1.59. The second-order valence-corrected chi connectivity index (χ2v) is 3.39. The minimum Gasteiger partial charge on any atom is -0.296 e. The molecule has 0 radical (unpaired) electrons. The molecule has 0 atom stereocenters. The van der Waals surface area contributed by atoms with Crippen LogP contribution in [0.2, 0.25) is 0 Å². The van der Waals surface area contributed by atoms with Crippen molar-refractivity contribution in [1.82, 2.24) is 14.6 Å². The van der Waals surface area contributed by atoms with Gasteiger partial charge in [0.15, 0.2) is 11.9 Å². The second-order valence-electron chi connectivity index (χ2n) is 3.39. The van der Waals surface area contributed by atoms with Crippen molar-refractivity contribution in [3.63, 3.8) is 0 Å². The Morgan fingerprint density at radius 3 is 2.71 bits per heavy atom. The number of carbonyl (C=O) groups excluding carboxylic acids is 1. The molecular formula is C10H11N3O. The topological polar surface area (TPSA) is 47.3 Å². The van der Waals surface area contributed by atoms with Crippen LogP contribution < -0.4 is 0 Å². The molecule has 0 aliphatic carbocycles. The number of aromatic nitrogens is 3. The highest BCUT2D eigenvalue weighted by Gasteiger charge is 2.09. The standard InChI is InChI=1S/C10H11N3O/c1-6-4-9(5-14)13-10(11-6)7(2)8(3)12-13/h4-5H,1-3H3. The molecule has 2 aromatic heterocycles. The fraction of sp³-hybridized carbons (Fsp3) is 0.300. The summed E-state index contributed by atoms with van der Waals surface area (Å²) in [4.78, 5) is 15.2. The SMILES string of the molecule is Cc1cc(C=O)n2nc(C)c(C)c2n1. The van der Waals surface area contributed by atoms with E-state index in [4.69, 9.17) is 0 Å². The van der Waals surface area contributed by atoms with Gasteiger partial charge in [-0.05, 0) is 26.8 Å². The average molecular weight is 189 g/mol. The van der Waals surface area contributed by atoms with E-state index in [1.165, 1.54) is 0 Å². The van der Waals surface area contributed by atoms with Gasteiger partial charge in [-0.2, -0.15) is 5.10 Å². The molecule has 72 valence electrons. The molecular weight excluding hydrogens is 178 g/mol. The zero-order chi connectivity index (χ0) is 10.3. The van der Waals surface area contributed by atoms with Crippen molar-refractivity contribution in [2.45, 2.75) is 20.8 Å². The molecule has 0 aromatic carbocycles. The van der Waals surface area contributed by atoms with Crippen molar-refractivity contribution in [3.05, 3.63) is 28.7 Å². The van der Waals surface area contributed by atoms with Crippen molar-refractivity contribution in [2.24, 2.45) is 0 Å². The number of rotatable bonds is 1. The number of aryl methyl sites for hydroxylation is 3. The number of aldehydes is 1. The van der Waals surface area contributed by atoms with Gasteiger partial charge in [-0.3, -0.25) is 4.79 Å². The lowest BCUT2D eigenvalue weighted by Crippen LogP contribution is -2.00. The van der Waals surface area contributed by atoms with E-state index in [9.17, 15) is 4.79 Å². The van der Waals surface area contributed by atoms with Crippen LogP contribution in [-0.2, 0) is 0 Å². The monoisotopic (exact) mass is 189 g/mol. The third kappa shape index (κ3) is 1.11. The maximum absolute atomic E-state index is 10.8. The predicted octanol–water partition coefficient (Wildman–Crippen LogP) is 1.47. The van der Waals surface area contributed by atoms with Gasteiger partial charge < -0.3 is 0 Å². The molecule has 0 bridgehead atoms. The highest BCUT2D eigenvalue weighted by Crippen LogP contribution is 2.13. The third-order valence-electron chi connectivity index (χ3n) is 2.33. The van der Waals surface area contributed by atoms with Gasteiger partial charge in [0.05, 0.1) is 5.69 Å². The van der Waals surface area contributed by atoms with Gasteiger partial charge in [0, 0.05) is 11.3 Å². The summed E-state index contributed by atoms with van der Waals surface area (Å²) in [7, 11) is 0. The maximum Gasteiger partial charge on any atom is 0.168 e. The summed E-state index contributed by atoms with van der Waals surface area (Å²) in [5, 5.41) is 4.25. The Morgan fingerprint density at radius 1 is 1.36 bits per heavy atom. The van der Waals surface area contributed by atoms with Crippen LogP contribution in [0.15, 0.2) is 6.07 Å². The van der Waals surface area contributed by atoms with Crippen LogP contribution in [0.5, 0.6) is 0 Å². The first-order chi connectivity index (χ1) is 6.63. The van der Waals surface area contributed by atoms with E-state index in [1.54, 1.807) is 10.6 Å². The van der Waals surface area contributed by atoms with Crippen LogP contribution in [0.25, 0.3) is 5.65 Å². The van der Waals surface area contributed by atoms with Crippen molar-refractivity contribution in [2.75, 3.05) is 0 Å². The molecule has 0 aliphatic heterocycles. The Kier molecular flexibility index (Phi) is 1.84. The van der Waals surface area contributed by atoms with Crippen LogP contribution >= 0.6 is 0 Å². The zero-order valence-electron chi connectivity index (χ0n) is 8.40. The fourth-order valence-corrected chi connectivity index (χ4v) is 1.46. The average Bonchev–Trinajstić information content (AvgIpc) is 2.43. The molecule has 0 saturated heterocycles. The molecule has 0 spiro atoms. The van der Waals surface area contributed by atoms with Gasteiger partial charge in [0.25, 0.3) is 0 Å². The number of hydrogen-bond donors (Lipinski definition) is 0. The van der Waals surface area contributed by atoms with Gasteiger partial charge in [-0.15, -0.1) is 0 Å². The zero-order valence-corrected chi connectivity index (χ0v) is 8.40. The maximum atomic E-state index is 10.8. The van der Waals surface area contributed by atoms with E-state index in [1.807, 2.05) is 20.8 Å². The molecule has 4 nitrogen and oxygen atoms in total. The Bertz CT molecular complexity index is 514. The largest absolute Gasteiger partial charge is 0.296 e. The third-order valence-corrected chi connectivity index (χ3v) is 2.33. The lowest BCUT2D eigenvalue weighted by Gasteiger charge is -1.99. The van der Waals surface area contributed by atoms with E-state index in [2.05, 4.69) is 10.1 Å². The minimum absolute atomic E-state index is 0.545. The van der Waals surface area contributed by atoms with Crippen LogP contribution in [0.1, 0.15) is 27.4 Å². The van der Waals surface area contributed by atoms with Gasteiger partial charge >= 0.3 is 0 Å². The van der Waals surface area contributed by atoms with Crippen LogP contribution in [0.4, 0.5) is 0 Å². The Labute approximate surface area is 81.6 Å². The molecule has 2 rings (SSSR count). The van der Waals surface area contributed by atoms with Crippen LogP contribution in [0, 0.1) is 20.8 Å². The Morgan fingerprint density at radius 2 is 2.07 bits per heavy atom. The fourth-order valence-electron chi connectivity index (χ4n) is 1.46. The summed E-state index contributed by atoms with van der Waals surface area (Å²) in [5.74, 6) is 0. The number of fused-ring (bicyclic) bond motifs is 1. The van der Waals surface area contributed by atoms with E-state index in [0.29, 0.717) is 5.69 Å².